The lowest BCUT2D eigenvalue weighted by Gasteiger charge is -2.49. The molecule has 0 aromatic carbocycles. The molecule has 0 bridgehead atoms. The van der Waals surface area contributed by atoms with Crippen molar-refractivity contribution in [3.05, 3.63) is 0 Å². The van der Waals surface area contributed by atoms with Gasteiger partial charge >= 0.3 is 7.82 Å². The molecule has 21 atom stereocenters. The number of phosphoric acid groups is 1. The molecule has 1 unspecified atom stereocenters. The van der Waals surface area contributed by atoms with Crippen molar-refractivity contribution in [2.75, 3.05) is 72.6 Å². The molecule has 3 rings (SSSR count). The van der Waals surface area contributed by atoms with Crippen molar-refractivity contribution < 1.29 is 132 Å². The number of nitrogens with one attached hydrogen (secondary N) is 1. The molecule has 0 spiro atoms. The molecule has 3 fully saturated rings. The first kappa shape index (κ1) is 87.4. The number of hydrogen-bond acceptors (Lipinski definition) is 26. The van der Waals surface area contributed by atoms with Gasteiger partial charge in [-0.2, -0.15) is 0 Å². The largest absolute Gasteiger partial charge is 0.472 e. The third-order valence-corrected chi connectivity index (χ3v) is 18.7. The van der Waals surface area contributed by atoms with Crippen molar-refractivity contribution >= 4 is 19.6 Å². The second-order valence-corrected chi connectivity index (χ2v) is 27.2. The molecule has 0 aromatic heterocycles. The molecule has 0 radical (unpaired) electrons. The first-order valence-electron chi connectivity index (χ1n) is 35.4. The fraction of sp³-hybridized carbons (Fsp3) is 0.969. The number of amides is 2. The molecule has 2 amide bonds. The maximum atomic E-state index is 13.3. The Morgan fingerprint density at radius 3 is 1.42 bits per heavy atom. The summed E-state index contributed by atoms with van der Waals surface area (Å²) in [5, 5.41) is 143. The second-order valence-electron chi connectivity index (χ2n) is 25.8. The Morgan fingerprint density at radius 1 is 0.505 bits per heavy atom. The van der Waals surface area contributed by atoms with Gasteiger partial charge in [0.1, 0.15) is 104 Å². The van der Waals surface area contributed by atoms with E-state index in [4.69, 9.17) is 46.9 Å². The lowest BCUT2D eigenvalue weighted by atomic mass is 9.94. The van der Waals surface area contributed by atoms with Crippen LogP contribution in [0.1, 0.15) is 207 Å². The van der Waals surface area contributed by atoms with E-state index in [9.17, 15) is 85.4 Å². The number of carbonyl (C=O) groups is 2. The Balaban J connectivity index is 1.61. The van der Waals surface area contributed by atoms with Gasteiger partial charge in [-0.3, -0.25) is 18.6 Å². The van der Waals surface area contributed by atoms with Gasteiger partial charge in [-0.25, -0.2) is 4.57 Å². The molecule has 3 saturated heterocycles. The number of nitrogens with zero attached hydrogens (tertiary/aromatic N) is 1. The topological polar surface area (TPSA) is 442 Å². The van der Waals surface area contributed by atoms with Crippen molar-refractivity contribution in [3.8, 4) is 0 Å². The zero-order valence-electron chi connectivity index (χ0n) is 57.1. The number of aliphatic hydroxyl groups excluding tert-OH is 13. The van der Waals surface area contributed by atoms with E-state index >= 15 is 0 Å². The van der Waals surface area contributed by atoms with E-state index in [1.54, 1.807) is 0 Å². The highest BCUT2D eigenvalue weighted by molar-refractivity contribution is 7.47. The Bertz CT molecular complexity index is 2000. The van der Waals surface area contributed by atoms with Crippen LogP contribution in [0.3, 0.4) is 0 Å². The van der Waals surface area contributed by atoms with Gasteiger partial charge < -0.3 is 119 Å². The summed E-state index contributed by atoms with van der Waals surface area (Å²) < 4.78 is 70.4. The smallest absolute Gasteiger partial charge is 0.394 e. The van der Waals surface area contributed by atoms with Crippen LogP contribution in [0.5, 0.6) is 0 Å². The van der Waals surface area contributed by atoms with Crippen LogP contribution in [0.25, 0.3) is 0 Å². The van der Waals surface area contributed by atoms with E-state index in [0.29, 0.717) is 13.2 Å². The van der Waals surface area contributed by atoms with Crippen LogP contribution in [0, 0.1) is 0 Å². The van der Waals surface area contributed by atoms with E-state index in [0.717, 1.165) is 63.7 Å². The van der Waals surface area contributed by atoms with Crippen LogP contribution < -0.4 is 5.32 Å². The van der Waals surface area contributed by atoms with Crippen molar-refractivity contribution in [1.29, 1.82) is 0 Å². The normalized spacial score (nSPS) is 28.8. The minimum atomic E-state index is -4.81. The van der Waals surface area contributed by atoms with Crippen molar-refractivity contribution in [1.82, 2.24) is 10.2 Å². The van der Waals surface area contributed by atoms with E-state index in [1.165, 1.54) is 135 Å². The Morgan fingerprint density at radius 2 is 0.947 bits per heavy atom. The predicted octanol–water partition coefficient (Wildman–Crippen LogP) is 2.39. The first-order valence-corrected chi connectivity index (χ1v) is 36.9. The number of ether oxygens (including phenoxy) is 8. The van der Waals surface area contributed by atoms with E-state index in [2.05, 4.69) is 19.2 Å². The molecule has 95 heavy (non-hydrogen) atoms. The summed E-state index contributed by atoms with van der Waals surface area (Å²) in [6.45, 7) is 1.41. The van der Waals surface area contributed by atoms with Gasteiger partial charge in [-0.15, -0.1) is 0 Å². The summed E-state index contributed by atoms with van der Waals surface area (Å²) in [7, 11) is -4.81. The van der Waals surface area contributed by atoms with Gasteiger partial charge in [-0.05, 0) is 12.8 Å². The maximum Gasteiger partial charge on any atom is 0.472 e. The molecule has 3 aliphatic rings. The number of aliphatic hydroxyl groups is 13. The van der Waals surface area contributed by atoms with Crippen LogP contribution in [0.15, 0.2) is 0 Å². The van der Waals surface area contributed by atoms with Gasteiger partial charge in [0.2, 0.25) is 11.8 Å². The van der Waals surface area contributed by atoms with E-state index in [-0.39, 0.29) is 13.2 Å². The number of rotatable bonds is 56. The molecule has 0 saturated carbocycles. The third-order valence-electron chi connectivity index (χ3n) is 17.8. The summed E-state index contributed by atoms with van der Waals surface area (Å²) >= 11 is 0. The summed E-state index contributed by atoms with van der Waals surface area (Å²) in [4.78, 5) is 37.3. The third kappa shape index (κ3) is 33.3. The summed E-state index contributed by atoms with van der Waals surface area (Å²) in [6, 6.07) is -1.71. The lowest BCUT2D eigenvalue weighted by Crippen LogP contribution is -2.70. The predicted molar refractivity (Wildman–Crippen MR) is 346 cm³/mol. The standard InChI is InChI=1S/C65H125N2O27P/c1-5-7-9-11-13-15-17-19-21-23-25-27-29-31-34-85-42-46(86-35-32-30-28-26-24-22-20-18-16-14-12-10-8-6-2)43-88-95(83,84)87-36-33-67(45(4)73)37-47(74)53(76)60(48(75)38-68)92-65-59(82)62(56(79)51(41-71)91-65)94-63-52(66-44(3)72)61(55(78)50(40-70)89-63)93-64-58(81)57(80)54(77)49(39-69)90-64/h46-65,68-71,74-82H,5-43H2,1-4H3,(H,66,72)(H,83,84)/t46-,47-,48+,49+,50+,51+,52+,53+,54-,55+,56-,57-,58+,59+,60+,61+,62-,63-,64-,65-/m0/s1. The van der Waals surface area contributed by atoms with Crippen molar-refractivity contribution in [3.63, 3.8) is 0 Å². The number of carbonyl (C=O) groups excluding carboxylic acids is 2. The maximum absolute atomic E-state index is 13.3. The van der Waals surface area contributed by atoms with Gasteiger partial charge in [0, 0.05) is 40.2 Å². The zero-order chi connectivity index (χ0) is 70.1. The highest BCUT2D eigenvalue weighted by atomic mass is 31.2. The average molecular weight is 1400 g/mol. The number of unbranched alkanes of at least 4 members (excludes halogenated alkanes) is 26. The highest BCUT2D eigenvalue weighted by Crippen LogP contribution is 2.43. The Hall–Kier alpha value is -1.79. The second kappa shape index (κ2) is 50.5. The van der Waals surface area contributed by atoms with Crippen LogP contribution in [-0.4, -0.2) is 283 Å². The lowest BCUT2D eigenvalue weighted by molar-refractivity contribution is -0.371. The summed E-state index contributed by atoms with van der Waals surface area (Å²) in [6.07, 6.45) is -1.85. The van der Waals surface area contributed by atoms with Gasteiger partial charge in [-0.1, -0.05) is 181 Å². The molecule has 3 heterocycles. The highest BCUT2D eigenvalue weighted by Gasteiger charge is 2.55. The molecular formula is C65H125N2O27P. The molecule has 29 nitrogen and oxygen atoms in total. The van der Waals surface area contributed by atoms with Gasteiger partial charge in [0.25, 0.3) is 0 Å². The fourth-order valence-corrected chi connectivity index (χ4v) is 12.7. The van der Waals surface area contributed by atoms with Crippen LogP contribution in [-0.2, 0) is 61.1 Å². The van der Waals surface area contributed by atoms with Gasteiger partial charge in [0.05, 0.1) is 46.2 Å². The molecule has 30 heteroatoms. The summed E-state index contributed by atoms with van der Waals surface area (Å²) in [5.41, 5.74) is 0. The number of hydrogen-bond donors (Lipinski definition) is 15. The van der Waals surface area contributed by atoms with E-state index in [1.807, 2.05) is 0 Å². The van der Waals surface area contributed by atoms with Crippen LogP contribution in [0.2, 0.25) is 0 Å². The molecule has 3 aliphatic heterocycles. The minimum absolute atomic E-state index is 0.109. The Kier molecular flexibility index (Phi) is 46.5. The molecule has 562 valence electrons. The summed E-state index contributed by atoms with van der Waals surface area (Å²) in [5.74, 6) is -1.54. The molecule has 0 aliphatic carbocycles. The average Bonchev–Trinajstić information content (AvgIpc) is 0.778. The quantitative estimate of drug-likeness (QED) is 0.0307. The van der Waals surface area contributed by atoms with Crippen LogP contribution >= 0.6 is 7.82 Å². The van der Waals surface area contributed by atoms with E-state index < -0.39 is 188 Å². The molecule has 15 N–H and O–H groups in total. The fourth-order valence-electron chi connectivity index (χ4n) is 11.9. The molecule has 0 aromatic rings. The first-order chi connectivity index (χ1) is 45.6. The SMILES string of the molecule is CCCCCCCCCCCCCCCCOC[C@@H](COP(=O)(O)OCCN(C[C@H](O)[C@@H](O)[C@H](O[C@@H]1O[C@H](CO)[C@H](O)[C@H](O[C@@H]2O[C@H](CO)[C@@H](O)[C@H](O[C@@H]3O[C@H](CO)[C@H](O)[C@H](O)[C@H]3O)[C@H]2NC(C)=O)[C@H]1O)[C@H](O)CO)C(C)=O)OCCCCCCCCCCCCCCCC. The number of phosphoric ester groups is 1. The minimum Gasteiger partial charge on any atom is -0.394 e. The van der Waals surface area contributed by atoms with Crippen molar-refractivity contribution in [2.24, 2.45) is 0 Å². The Labute approximate surface area is 563 Å². The van der Waals surface area contributed by atoms with Crippen LogP contribution in [0.4, 0.5) is 0 Å². The monoisotopic (exact) mass is 1400 g/mol. The molecular weight excluding hydrogens is 1270 g/mol. The zero-order valence-corrected chi connectivity index (χ0v) is 58.0. The van der Waals surface area contributed by atoms with Gasteiger partial charge in [0.15, 0.2) is 18.9 Å². The van der Waals surface area contributed by atoms with Crippen molar-refractivity contribution in [2.45, 2.75) is 330 Å².